The molecule has 0 fully saturated rings. The Morgan fingerprint density at radius 2 is 2.07 bits per heavy atom. The third-order valence-corrected chi connectivity index (χ3v) is 2.44. The van der Waals surface area contributed by atoms with Crippen LogP contribution in [-0.2, 0) is 6.42 Å². The summed E-state index contributed by atoms with van der Waals surface area (Å²) in [5, 5.41) is 8.53. The molecule has 1 aromatic rings. The minimum absolute atomic E-state index is 0.202. The molecule has 0 aromatic heterocycles. The Balaban J connectivity index is 2.58. The summed E-state index contributed by atoms with van der Waals surface area (Å²) >= 11 is 0. The topological polar surface area (TPSA) is 27.0 Å². The molecule has 3 heteroatoms. The summed E-state index contributed by atoms with van der Waals surface area (Å²) in [4.78, 5) is 1.74. The molecule has 1 rings (SSSR count). The van der Waals surface area contributed by atoms with Crippen molar-refractivity contribution in [2.75, 3.05) is 20.3 Å². The molecule has 0 spiro atoms. The maximum atomic E-state index is 12.8. The summed E-state index contributed by atoms with van der Waals surface area (Å²) in [5.41, 5.74) is 1.10. The van der Waals surface area contributed by atoms with Crippen molar-refractivity contribution >= 4 is 0 Å². The molecule has 1 atom stereocenters. The molecule has 0 aliphatic heterocycles. The van der Waals surface area contributed by atoms with Crippen molar-refractivity contribution in [2.24, 2.45) is 0 Å². The molecule has 2 nitrogen and oxygen atoms in total. The van der Waals surface area contributed by atoms with Gasteiger partial charge in [0.25, 0.3) is 0 Å². The van der Waals surface area contributed by atoms with Gasteiger partial charge in [-0.05, 0) is 19.0 Å². The van der Waals surface area contributed by atoms with E-state index in [2.05, 4.69) is 0 Å². The van der Waals surface area contributed by atoms with Gasteiger partial charge in [0, 0.05) is 6.04 Å². The van der Waals surface area contributed by atoms with Crippen LogP contribution >= 0.6 is 0 Å². The van der Waals surface area contributed by atoms with Crippen LogP contribution in [0.2, 0.25) is 0 Å². The average molecular weight is 206 g/mol. The van der Waals surface area contributed by atoms with Crippen LogP contribution in [0.5, 0.6) is 0 Å². The van der Waals surface area contributed by atoms with Crippen LogP contribution < -0.4 is 0 Å². The first-order valence-electron chi connectivity index (χ1n) is 4.95. The molecule has 0 heterocycles. The lowest BCUT2D eigenvalue weighted by Gasteiger charge is -2.23. The van der Waals surface area contributed by atoms with Crippen molar-refractivity contribution in [3.63, 3.8) is 0 Å². The highest BCUT2D eigenvalue weighted by atomic mass is 19.1. The molecule has 0 N–H and O–H groups in total. The SMILES string of the molecule is CN(CC#N)[C@H](CF)Cc1ccccc1. The molecule has 0 aliphatic rings. The van der Waals surface area contributed by atoms with E-state index in [1.54, 1.807) is 11.9 Å². The first kappa shape index (κ1) is 11.7. The summed E-state index contributed by atoms with van der Waals surface area (Å²) in [5.74, 6) is 0. The van der Waals surface area contributed by atoms with Crippen molar-refractivity contribution in [3.8, 4) is 6.07 Å². The highest BCUT2D eigenvalue weighted by Crippen LogP contribution is 2.08. The highest BCUT2D eigenvalue weighted by molar-refractivity contribution is 5.16. The molecular weight excluding hydrogens is 191 g/mol. The summed E-state index contributed by atoms with van der Waals surface area (Å²) in [7, 11) is 1.77. The van der Waals surface area contributed by atoms with Gasteiger partial charge in [-0.15, -0.1) is 0 Å². The van der Waals surface area contributed by atoms with Gasteiger partial charge in [-0.1, -0.05) is 30.3 Å². The number of halogens is 1. The van der Waals surface area contributed by atoms with Crippen LogP contribution in [0.25, 0.3) is 0 Å². The first-order chi connectivity index (χ1) is 7.27. The second kappa shape index (κ2) is 6.15. The van der Waals surface area contributed by atoms with E-state index in [1.807, 2.05) is 36.4 Å². The predicted molar refractivity (Wildman–Crippen MR) is 58.2 cm³/mol. The fourth-order valence-electron chi connectivity index (χ4n) is 1.45. The monoisotopic (exact) mass is 206 g/mol. The Bertz CT molecular complexity index is 318. The van der Waals surface area contributed by atoms with Crippen LogP contribution in [0.3, 0.4) is 0 Å². The quantitative estimate of drug-likeness (QED) is 0.689. The van der Waals surface area contributed by atoms with E-state index >= 15 is 0 Å². The lowest BCUT2D eigenvalue weighted by molar-refractivity contribution is 0.220. The first-order valence-corrected chi connectivity index (χ1v) is 4.95. The van der Waals surface area contributed by atoms with Crippen LogP contribution in [0.4, 0.5) is 4.39 Å². The Labute approximate surface area is 89.9 Å². The Morgan fingerprint density at radius 3 is 2.60 bits per heavy atom. The minimum atomic E-state index is -0.424. The zero-order valence-corrected chi connectivity index (χ0v) is 8.86. The number of alkyl halides is 1. The second-order valence-electron chi connectivity index (χ2n) is 3.57. The number of likely N-dealkylation sites (N-methyl/N-ethyl adjacent to an activating group) is 1. The molecule has 0 radical (unpaired) electrons. The number of nitriles is 1. The number of nitrogens with zero attached hydrogens (tertiary/aromatic N) is 2. The maximum Gasteiger partial charge on any atom is 0.105 e. The molecule has 0 unspecified atom stereocenters. The van der Waals surface area contributed by atoms with Crippen molar-refractivity contribution < 1.29 is 4.39 Å². The van der Waals surface area contributed by atoms with Crippen LogP contribution in [0.1, 0.15) is 5.56 Å². The smallest absolute Gasteiger partial charge is 0.105 e. The van der Waals surface area contributed by atoms with E-state index in [1.165, 1.54) is 0 Å². The number of rotatable bonds is 5. The zero-order chi connectivity index (χ0) is 11.1. The standard InChI is InChI=1S/C12H15FN2/c1-15(8-7-14)12(10-13)9-11-5-3-2-4-6-11/h2-6,12H,8-10H2,1H3/t12-/m0/s1. The third kappa shape index (κ3) is 3.69. The van der Waals surface area contributed by atoms with Gasteiger partial charge in [0.2, 0.25) is 0 Å². The third-order valence-electron chi connectivity index (χ3n) is 2.44. The molecule has 0 bridgehead atoms. The molecule has 0 aliphatic carbocycles. The van der Waals surface area contributed by atoms with E-state index in [0.29, 0.717) is 6.42 Å². The van der Waals surface area contributed by atoms with Crippen molar-refractivity contribution in [1.29, 1.82) is 5.26 Å². The molecular formula is C12H15FN2. The van der Waals surface area contributed by atoms with Gasteiger partial charge in [-0.3, -0.25) is 4.90 Å². The molecule has 15 heavy (non-hydrogen) atoms. The van der Waals surface area contributed by atoms with E-state index in [4.69, 9.17) is 5.26 Å². The summed E-state index contributed by atoms with van der Waals surface area (Å²) in [6, 6.07) is 11.6. The number of benzene rings is 1. The molecule has 0 saturated carbocycles. The van der Waals surface area contributed by atoms with Crippen LogP contribution in [0.15, 0.2) is 30.3 Å². The summed E-state index contributed by atoms with van der Waals surface area (Å²) in [6.45, 7) is -0.158. The lowest BCUT2D eigenvalue weighted by atomic mass is 10.1. The largest absolute Gasteiger partial charge is 0.288 e. The fraction of sp³-hybridized carbons (Fsp3) is 0.417. The van der Waals surface area contributed by atoms with Crippen LogP contribution in [-0.4, -0.2) is 31.2 Å². The molecule has 80 valence electrons. The normalized spacial score (nSPS) is 12.4. The minimum Gasteiger partial charge on any atom is -0.288 e. The van der Waals surface area contributed by atoms with Crippen molar-refractivity contribution in [3.05, 3.63) is 35.9 Å². The van der Waals surface area contributed by atoms with Crippen LogP contribution in [0, 0.1) is 11.3 Å². The van der Waals surface area contributed by atoms with Crippen molar-refractivity contribution in [2.45, 2.75) is 12.5 Å². The van der Waals surface area contributed by atoms with Gasteiger partial charge >= 0.3 is 0 Å². The van der Waals surface area contributed by atoms with Gasteiger partial charge in [0.05, 0.1) is 12.6 Å². The van der Waals surface area contributed by atoms with E-state index < -0.39 is 6.67 Å². The number of hydrogen-bond donors (Lipinski definition) is 0. The maximum absolute atomic E-state index is 12.8. The fourth-order valence-corrected chi connectivity index (χ4v) is 1.45. The van der Waals surface area contributed by atoms with Gasteiger partial charge in [-0.2, -0.15) is 5.26 Å². The molecule has 0 saturated heterocycles. The predicted octanol–water partition coefficient (Wildman–Crippen LogP) is 2.02. The second-order valence-corrected chi connectivity index (χ2v) is 3.57. The summed E-state index contributed by atoms with van der Waals surface area (Å²) in [6.07, 6.45) is 0.648. The summed E-state index contributed by atoms with van der Waals surface area (Å²) < 4.78 is 12.8. The Morgan fingerprint density at radius 1 is 1.40 bits per heavy atom. The highest BCUT2D eigenvalue weighted by Gasteiger charge is 2.14. The average Bonchev–Trinajstić information content (AvgIpc) is 2.27. The van der Waals surface area contributed by atoms with Gasteiger partial charge in [-0.25, -0.2) is 4.39 Å². The zero-order valence-electron chi connectivity index (χ0n) is 8.86. The van der Waals surface area contributed by atoms with E-state index in [9.17, 15) is 4.39 Å². The van der Waals surface area contributed by atoms with Gasteiger partial charge < -0.3 is 0 Å². The number of hydrogen-bond acceptors (Lipinski definition) is 2. The lowest BCUT2D eigenvalue weighted by Crippen LogP contribution is -2.35. The van der Waals surface area contributed by atoms with Gasteiger partial charge in [0.15, 0.2) is 0 Å². The van der Waals surface area contributed by atoms with E-state index in [-0.39, 0.29) is 12.6 Å². The Hall–Kier alpha value is -1.40. The van der Waals surface area contributed by atoms with Gasteiger partial charge in [0.1, 0.15) is 6.67 Å². The Kier molecular flexibility index (Phi) is 4.79. The van der Waals surface area contributed by atoms with E-state index in [0.717, 1.165) is 5.56 Å². The molecule has 0 amide bonds. The molecule has 1 aromatic carbocycles. The van der Waals surface area contributed by atoms with Crippen molar-refractivity contribution in [1.82, 2.24) is 4.90 Å².